The molecule has 1 radical (unpaired) electrons. The molecule has 0 aliphatic heterocycles. The van der Waals surface area contributed by atoms with Crippen LogP contribution in [0, 0.1) is 7.43 Å². The summed E-state index contributed by atoms with van der Waals surface area (Å²) in [6.07, 6.45) is -0.745. The van der Waals surface area contributed by atoms with Gasteiger partial charge in [0.15, 0.2) is 0 Å². The molecular weight excluding hydrogens is 275 g/mol. The molecule has 0 saturated carbocycles. The maximum atomic E-state index is 9.37. The minimum atomic E-state index is -0.745. The Balaban J connectivity index is -0.000000159. The van der Waals surface area contributed by atoms with Crippen molar-refractivity contribution in [1.82, 2.24) is 0 Å². The number of ether oxygens (including phenoxy) is 1. The molecule has 1 rings (SSSR count). The van der Waals surface area contributed by atoms with Crippen molar-refractivity contribution >= 4 is 18.7 Å². The zero-order valence-electron chi connectivity index (χ0n) is 8.31. The Bertz CT molecular complexity index is 232. The van der Waals surface area contributed by atoms with Crippen LogP contribution in [0.3, 0.4) is 0 Å². The molecule has 0 heterocycles. The van der Waals surface area contributed by atoms with E-state index in [-0.39, 0.29) is 40.1 Å². The van der Waals surface area contributed by atoms with Gasteiger partial charge in [0.1, 0.15) is 0 Å². The van der Waals surface area contributed by atoms with Crippen LogP contribution in [0.2, 0.25) is 0 Å². The molecule has 0 fully saturated rings. The van der Waals surface area contributed by atoms with E-state index in [4.69, 9.17) is 0 Å². The van der Waals surface area contributed by atoms with E-state index in [0.717, 1.165) is 4.90 Å². The van der Waals surface area contributed by atoms with Gasteiger partial charge in [-0.3, -0.25) is 0 Å². The summed E-state index contributed by atoms with van der Waals surface area (Å²) in [6.45, 7) is 0. The summed E-state index contributed by atoms with van der Waals surface area (Å²) in [5.41, 5.74) is 4.43. The van der Waals surface area contributed by atoms with Gasteiger partial charge in [0, 0.05) is 37.6 Å². The van der Waals surface area contributed by atoms with Gasteiger partial charge in [0.2, 0.25) is 0 Å². The molecule has 77 valence electrons. The molecule has 2 N–H and O–H groups in total. The number of hydrogen-bond donors (Lipinski definition) is 2. The minimum absolute atomic E-state index is 0. The summed E-state index contributed by atoms with van der Waals surface area (Å²) in [5, 5.41) is 0. The normalized spacial score (nSPS) is 6.71. The van der Waals surface area contributed by atoms with Crippen LogP contribution >= 0.6 is 12.6 Å². The molecule has 1 aromatic rings. The van der Waals surface area contributed by atoms with Gasteiger partial charge in [-0.2, -0.15) is 0 Å². The quantitative estimate of drug-likeness (QED) is 0.568. The standard InChI is InChI=1S/C6H6S.C2H5NO2.CH3.Y/c7-6-4-2-1-3-5-6;1-5-2(3)4;;/h1-5,7H;1H3,(H2,3,4);1H3;/q;;-1;. The van der Waals surface area contributed by atoms with Gasteiger partial charge in [-0.1, -0.05) is 18.2 Å². The third kappa shape index (κ3) is 14.5. The van der Waals surface area contributed by atoms with Gasteiger partial charge in [-0.25, -0.2) is 4.79 Å². The number of hydrogen-bond acceptors (Lipinski definition) is 3. The molecule has 14 heavy (non-hydrogen) atoms. The van der Waals surface area contributed by atoms with E-state index in [2.05, 4.69) is 23.1 Å². The maximum absolute atomic E-state index is 9.37. The summed E-state index contributed by atoms with van der Waals surface area (Å²) in [7, 11) is 1.22. The van der Waals surface area contributed by atoms with Crippen LogP contribution in [0.1, 0.15) is 0 Å². The monoisotopic (exact) mass is 289 g/mol. The zero-order valence-corrected chi connectivity index (χ0v) is 12.0. The smallest absolute Gasteiger partial charge is 0.404 e. The number of methoxy groups -OCH3 is 1. The van der Waals surface area contributed by atoms with Crippen molar-refractivity contribution in [3.05, 3.63) is 37.8 Å². The van der Waals surface area contributed by atoms with E-state index in [1.165, 1.54) is 7.11 Å². The first-order valence-electron chi connectivity index (χ1n) is 3.24. The molecule has 0 unspecified atom stereocenters. The van der Waals surface area contributed by atoms with Crippen molar-refractivity contribution in [3.63, 3.8) is 0 Å². The Morgan fingerprint density at radius 1 is 1.36 bits per heavy atom. The molecule has 0 atom stereocenters. The second-order valence-electron chi connectivity index (χ2n) is 1.86. The van der Waals surface area contributed by atoms with E-state index in [1.807, 2.05) is 30.3 Å². The van der Waals surface area contributed by atoms with Crippen LogP contribution in [0.25, 0.3) is 0 Å². The topological polar surface area (TPSA) is 52.3 Å². The maximum Gasteiger partial charge on any atom is 0.404 e. The summed E-state index contributed by atoms with van der Waals surface area (Å²) in [6, 6.07) is 9.79. The van der Waals surface area contributed by atoms with Gasteiger partial charge < -0.3 is 17.9 Å². The summed E-state index contributed by atoms with van der Waals surface area (Å²) in [5.74, 6) is 0. The summed E-state index contributed by atoms with van der Waals surface area (Å²) < 4.78 is 3.89. The third-order valence-corrected chi connectivity index (χ3v) is 1.26. The molecule has 5 heteroatoms. The third-order valence-electron chi connectivity index (χ3n) is 0.957. The molecule has 0 aliphatic rings. The van der Waals surface area contributed by atoms with E-state index < -0.39 is 6.09 Å². The van der Waals surface area contributed by atoms with Crippen molar-refractivity contribution in [2.45, 2.75) is 4.90 Å². The van der Waals surface area contributed by atoms with Crippen LogP contribution in [0.5, 0.6) is 0 Å². The SMILES string of the molecule is COC(N)=O.Sc1ccccc1.[CH3-].[Y]. The number of rotatable bonds is 0. The molecule has 0 bridgehead atoms. The molecule has 1 aromatic carbocycles. The van der Waals surface area contributed by atoms with Crippen molar-refractivity contribution in [2.24, 2.45) is 5.73 Å². The predicted octanol–water partition coefficient (Wildman–Crippen LogP) is 2.13. The van der Waals surface area contributed by atoms with Gasteiger partial charge in [0.05, 0.1) is 7.11 Å². The average Bonchev–Trinajstić information content (AvgIpc) is 2.07. The fourth-order valence-electron chi connectivity index (χ4n) is 0.428. The largest absolute Gasteiger partial charge is 0.453 e. The second-order valence-corrected chi connectivity index (χ2v) is 2.38. The summed E-state index contributed by atoms with van der Waals surface area (Å²) >= 11 is 4.08. The Kier molecular flexibility index (Phi) is 18.0. The van der Waals surface area contributed by atoms with Crippen molar-refractivity contribution < 1.29 is 42.2 Å². The molecule has 0 spiro atoms. The van der Waals surface area contributed by atoms with Gasteiger partial charge in [0.25, 0.3) is 0 Å². The molecule has 0 aromatic heterocycles. The number of carbonyl (C=O) groups excluding carboxylic acids is 1. The predicted molar refractivity (Wildman–Crippen MR) is 56.7 cm³/mol. The van der Waals surface area contributed by atoms with Crippen molar-refractivity contribution in [3.8, 4) is 0 Å². The Labute approximate surface area is 116 Å². The molecule has 1 amide bonds. The van der Waals surface area contributed by atoms with E-state index in [1.54, 1.807) is 0 Å². The molecule has 0 aliphatic carbocycles. The molecular formula is C9H14NO2SY-. The number of nitrogens with two attached hydrogens (primary N) is 1. The number of carbonyl (C=O) groups is 1. The van der Waals surface area contributed by atoms with Crippen LogP contribution < -0.4 is 5.73 Å². The minimum Gasteiger partial charge on any atom is -0.453 e. The second kappa shape index (κ2) is 12.9. The first-order chi connectivity index (χ1) is 5.66. The Hall–Kier alpha value is -0.0561. The van der Waals surface area contributed by atoms with Crippen molar-refractivity contribution in [2.75, 3.05) is 7.11 Å². The van der Waals surface area contributed by atoms with Crippen LogP contribution in [-0.2, 0) is 37.4 Å². The number of amides is 1. The summed E-state index contributed by atoms with van der Waals surface area (Å²) in [4.78, 5) is 10.4. The van der Waals surface area contributed by atoms with Gasteiger partial charge >= 0.3 is 6.09 Å². The van der Waals surface area contributed by atoms with Crippen LogP contribution in [0.15, 0.2) is 35.2 Å². The number of thiol groups is 1. The van der Waals surface area contributed by atoms with Crippen LogP contribution in [-0.4, -0.2) is 13.2 Å². The van der Waals surface area contributed by atoms with Gasteiger partial charge in [-0.05, 0) is 12.1 Å². The Morgan fingerprint density at radius 3 is 1.86 bits per heavy atom. The zero-order chi connectivity index (χ0) is 9.40. The first-order valence-corrected chi connectivity index (χ1v) is 3.69. The molecule has 3 nitrogen and oxygen atoms in total. The van der Waals surface area contributed by atoms with Crippen molar-refractivity contribution in [1.29, 1.82) is 0 Å². The van der Waals surface area contributed by atoms with Crippen LogP contribution in [0.4, 0.5) is 4.79 Å². The van der Waals surface area contributed by atoms with E-state index in [0.29, 0.717) is 0 Å². The average molecular weight is 289 g/mol. The fourth-order valence-corrected chi connectivity index (χ4v) is 0.600. The van der Waals surface area contributed by atoms with E-state index in [9.17, 15) is 4.79 Å². The Morgan fingerprint density at radius 2 is 1.71 bits per heavy atom. The molecule has 0 saturated heterocycles. The number of primary amides is 1. The number of benzene rings is 1. The fraction of sp³-hybridized carbons (Fsp3) is 0.111. The van der Waals surface area contributed by atoms with E-state index >= 15 is 0 Å². The first kappa shape index (κ1) is 19.5. The van der Waals surface area contributed by atoms with Gasteiger partial charge in [-0.15, -0.1) is 12.6 Å².